The number of amides is 2. The van der Waals surface area contributed by atoms with Crippen LogP contribution in [0.25, 0.3) is 21.5 Å². The second-order valence-electron chi connectivity index (χ2n) is 5.88. The molecule has 0 spiro atoms. The maximum atomic E-state index is 12.5. The number of H-pyrrole nitrogens is 1. The third-order valence-electron chi connectivity index (χ3n) is 4.23. The SMILES string of the molecule is O=C(NNC(=O)c1n[nH]c(=O)c2ccccc12)c1cccc2ccccc12. The van der Waals surface area contributed by atoms with Gasteiger partial charge in [-0.05, 0) is 22.9 Å². The lowest BCUT2D eigenvalue weighted by atomic mass is 10.0. The van der Waals surface area contributed by atoms with Crippen molar-refractivity contribution in [3.8, 4) is 0 Å². The average molecular weight is 358 g/mol. The Bertz CT molecular complexity index is 1240. The maximum Gasteiger partial charge on any atom is 0.290 e. The largest absolute Gasteiger partial charge is 0.290 e. The second-order valence-corrected chi connectivity index (χ2v) is 5.88. The van der Waals surface area contributed by atoms with Gasteiger partial charge in [0.15, 0.2) is 5.69 Å². The van der Waals surface area contributed by atoms with E-state index in [0.717, 1.165) is 10.8 Å². The first-order chi connectivity index (χ1) is 13.1. The van der Waals surface area contributed by atoms with Crippen molar-refractivity contribution in [2.24, 2.45) is 0 Å². The first-order valence-corrected chi connectivity index (χ1v) is 8.21. The summed E-state index contributed by atoms with van der Waals surface area (Å²) >= 11 is 0. The zero-order valence-corrected chi connectivity index (χ0v) is 14.0. The molecular formula is C20H14N4O3. The summed E-state index contributed by atoms with van der Waals surface area (Å²) in [5, 5.41) is 8.54. The average Bonchev–Trinajstić information content (AvgIpc) is 2.72. The fraction of sp³-hybridized carbons (Fsp3) is 0. The van der Waals surface area contributed by atoms with Crippen LogP contribution in [0.15, 0.2) is 71.5 Å². The summed E-state index contributed by atoms with van der Waals surface area (Å²) in [5.41, 5.74) is 4.82. The predicted octanol–water partition coefficient (Wildman–Crippen LogP) is 2.15. The van der Waals surface area contributed by atoms with E-state index in [-0.39, 0.29) is 11.3 Å². The van der Waals surface area contributed by atoms with Crippen LogP contribution in [0.5, 0.6) is 0 Å². The number of aromatic nitrogens is 2. The number of aromatic amines is 1. The third-order valence-corrected chi connectivity index (χ3v) is 4.23. The number of carbonyl (C=O) groups is 2. The van der Waals surface area contributed by atoms with E-state index < -0.39 is 11.8 Å². The standard InChI is InChI=1S/C20H14N4O3/c25-18(15-11-5-7-12-6-1-2-8-13(12)15)23-24-20(27)17-14-9-3-4-10-16(14)19(26)22-21-17/h1-11H,(H,22,26)(H,23,25)(H,24,27). The number of fused-ring (bicyclic) bond motifs is 2. The van der Waals surface area contributed by atoms with Crippen molar-refractivity contribution in [1.82, 2.24) is 21.0 Å². The molecule has 4 rings (SSSR count). The molecule has 0 radical (unpaired) electrons. The molecule has 27 heavy (non-hydrogen) atoms. The molecule has 0 fully saturated rings. The van der Waals surface area contributed by atoms with E-state index in [0.29, 0.717) is 16.3 Å². The Kier molecular flexibility index (Phi) is 4.10. The Morgan fingerprint density at radius 3 is 2.19 bits per heavy atom. The number of benzene rings is 3. The molecule has 1 aromatic heterocycles. The molecule has 7 heteroatoms. The molecule has 3 aromatic carbocycles. The van der Waals surface area contributed by atoms with Crippen LogP contribution in [0.3, 0.4) is 0 Å². The molecule has 0 aliphatic heterocycles. The summed E-state index contributed by atoms with van der Waals surface area (Å²) in [6, 6.07) is 19.4. The molecule has 4 aromatic rings. The Hall–Kier alpha value is -4.00. The summed E-state index contributed by atoms with van der Waals surface area (Å²) in [7, 11) is 0. The van der Waals surface area contributed by atoms with Gasteiger partial charge in [-0.15, -0.1) is 0 Å². The van der Waals surface area contributed by atoms with E-state index in [2.05, 4.69) is 21.0 Å². The smallest absolute Gasteiger partial charge is 0.267 e. The molecule has 0 atom stereocenters. The zero-order chi connectivity index (χ0) is 18.8. The van der Waals surface area contributed by atoms with E-state index in [1.54, 1.807) is 36.4 Å². The lowest BCUT2D eigenvalue weighted by molar-refractivity contribution is 0.0845. The molecule has 0 bridgehead atoms. The highest BCUT2D eigenvalue weighted by atomic mass is 16.2. The van der Waals surface area contributed by atoms with Crippen LogP contribution < -0.4 is 16.4 Å². The van der Waals surface area contributed by atoms with Crippen molar-refractivity contribution >= 4 is 33.4 Å². The molecule has 0 saturated heterocycles. The second kappa shape index (κ2) is 6.72. The van der Waals surface area contributed by atoms with Gasteiger partial charge in [-0.1, -0.05) is 54.6 Å². The molecule has 1 heterocycles. The number of hydrogen-bond acceptors (Lipinski definition) is 4. The minimum atomic E-state index is -0.629. The fourth-order valence-electron chi connectivity index (χ4n) is 2.95. The monoisotopic (exact) mass is 358 g/mol. The highest BCUT2D eigenvalue weighted by Crippen LogP contribution is 2.18. The number of hydrogen-bond donors (Lipinski definition) is 3. The fourth-order valence-corrected chi connectivity index (χ4v) is 2.95. The lowest BCUT2D eigenvalue weighted by Gasteiger charge is -2.10. The number of nitrogens with one attached hydrogen (secondary N) is 3. The van der Waals surface area contributed by atoms with Gasteiger partial charge in [-0.2, -0.15) is 5.10 Å². The molecule has 0 aliphatic rings. The Morgan fingerprint density at radius 1 is 0.741 bits per heavy atom. The summed E-state index contributed by atoms with van der Waals surface area (Å²) < 4.78 is 0. The Morgan fingerprint density at radius 2 is 1.37 bits per heavy atom. The van der Waals surface area contributed by atoms with Crippen LogP contribution in [0.4, 0.5) is 0 Å². The molecule has 132 valence electrons. The van der Waals surface area contributed by atoms with Gasteiger partial charge in [0.05, 0.1) is 5.39 Å². The predicted molar refractivity (Wildman–Crippen MR) is 101 cm³/mol. The number of hydrazine groups is 1. The number of carbonyl (C=O) groups excluding carboxylic acids is 2. The van der Waals surface area contributed by atoms with Crippen LogP contribution in [0, 0.1) is 0 Å². The molecule has 3 N–H and O–H groups in total. The van der Waals surface area contributed by atoms with E-state index in [1.165, 1.54) is 0 Å². The van der Waals surface area contributed by atoms with Crippen molar-refractivity contribution in [3.63, 3.8) is 0 Å². The van der Waals surface area contributed by atoms with E-state index in [1.807, 2.05) is 30.3 Å². The third kappa shape index (κ3) is 3.02. The summed E-state index contributed by atoms with van der Waals surface area (Å²) in [6.45, 7) is 0. The van der Waals surface area contributed by atoms with Crippen LogP contribution >= 0.6 is 0 Å². The van der Waals surface area contributed by atoms with Gasteiger partial charge < -0.3 is 0 Å². The molecule has 7 nitrogen and oxygen atoms in total. The topological polar surface area (TPSA) is 104 Å². The van der Waals surface area contributed by atoms with Crippen molar-refractivity contribution in [2.75, 3.05) is 0 Å². The molecule has 0 saturated carbocycles. The van der Waals surface area contributed by atoms with Gasteiger partial charge in [-0.3, -0.25) is 25.2 Å². The first kappa shape index (κ1) is 16.5. The molecular weight excluding hydrogens is 344 g/mol. The molecule has 0 aliphatic carbocycles. The van der Waals surface area contributed by atoms with E-state index >= 15 is 0 Å². The minimum absolute atomic E-state index is 0.0171. The van der Waals surface area contributed by atoms with Crippen molar-refractivity contribution in [2.45, 2.75) is 0 Å². The normalized spacial score (nSPS) is 10.7. The van der Waals surface area contributed by atoms with Gasteiger partial charge in [0.25, 0.3) is 17.4 Å². The summed E-state index contributed by atoms with van der Waals surface area (Å²) in [6.07, 6.45) is 0. The first-order valence-electron chi connectivity index (χ1n) is 8.21. The summed E-state index contributed by atoms with van der Waals surface area (Å²) in [5.74, 6) is -1.08. The van der Waals surface area contributed by atoms with Gasteiger partial charge in [0.1, 0.15) is 0 Å². The van der Waals surface area contributed by atoms with Crippen molar-refractivity contribution in [3.05, 3.63) is 88.3 Å². The van der Waals surface area contributed by atoms with Gasteiger partial charge in [0.2, 0.25) is 0 Å². The summed E-state index contributed by atoms with van der Waals surface area (Å²) in [4.78, 5) is 36.8. The van der Waals surface area contributed by atoms with Crippen molar-refractivity contribution < 1.29 is 9.59 Å². The Balaban J connectivity index is 1.59. The highest BCUT2D eigenvalue weighted by molar-refractivity contribution is 6.09. The quantitative estimate of drug-likeness (QED) is 0.478. The minimum Gasteiger partial charge on any atom is -0.267 e. The van der Waals surface area contributed by atoms with Crippen LogP contribution in [0.1, 0.15) is 20.8 Å². The highest BCUT2D eigenvalue weighted by Gasteiger charge is 2.16. The van der Waals surface area contributed by atoms with Gasteiger partial charge in [0, 0.05) is 10.9 Å². The maximum absolute atomic E-state index is 12.5. The van der Waals surface area contributed by atoms with Gasteiger partial charge >= 0.3 is 0 Å². The van der Waals surface area contributed by atoms with Crippen LogP contribution in [-0.4, -0.2) is 22.0 Å². The van der Waals surface area contributed by atoms with Crippen LogP contribution in [-0.2, 0) is 0 Å². The van der Waals surface area contributed by atoms with Crippen LogP contribution in [0.2, 0.25) is 0 Å². The molecule has 2 amide bonds. The number of rotatable bonds is 2. The van der Waals surface area contributed by atoms with E-state index in [9.17, 15) is 14.4 Å². The van der Waals surface area contributed by atoms with Gasteiger partial charge in [-0.25, -0.2) is 5.10 Å². The molecule has 0 unspecified atom stereocenters. The van der Waals surface area contributed by atoms with Crippen molar-refractivity contribution in [1.29, 1.82) is 0 Å². The number of nitrogens with zero attached hydrogens (tertiary/aromatic N) is 1. The Labute approximate surface area is 153 Å². The lowest BCUT2D eigenvalue weighted by Crippen LogP contribution is -2.42. The van der Waals surface area contributed by atoms with E-state index in [4.69, 9.17) is 0 Å². The zero-order valence-electron chi connectivity index (χ0n) is 14.0.